The first-order valence-electron chi connectivity index (χ1n) is 5.26. The van der Waals surface area contributed by atoms with Gasteiger partial charge in [0.05, 0.1) is 0 Å². The Balaban J connectivity index is 4.64. The predicted octanol–water partition coefficient (Wildman–Crippen LogP) is 3.82. The van der Waals surface area contributed by atoms with Gasteiger partial charge in [0.25, 0.3) is 0 Å². The lowest BCUT2D eigenvalue weighted by molar-refractivity contribution is -0.132. The predicted molar refractivity (Wildman–Crippen MR) is 57.8 cm³/mol. The Morgan fingerprint density at radius 3 is 1.85 bits per heavy atom. The molecule has 0 aliphatic heterocycles. The van der Waals surface area contributed by atoms with Crippen LogP contribution in [0.25, 0.3) is 0 Å². The van der Waals surface area contributed by atoms with Gasteiger partial charge in [0.2, 0.25) is 0 Å². The highest BCUT2D eigenvalue weighted by molar-refractivity contribution is 5.82. The molecule has 0 amide bonds. The highest BCUT2D eigenvalue weighted by atomic mass is 16.1. The van der Waals surface area contributed by atoms with Gasteiger partial charge in [0.1, 0.15) is 5.78 Å². The Bertz CT molecular complexity index is 176. The molecule has 1 heteroatoms. The molecule has 0 heterocycles. The van der Waals surface area contributed by atoms with Gasteiger partial charge in [-0.25, -0.2) is 0 Å². The zero-order valence-corrected chi connectivity index (χ0v) is 10.0. The summed E-state index contributed by atoms with van der Waals surface area (Å²) in [7, 11) is 0. The van der Waals surface area contributed by atoms with Gasteiger partial charge in [-0.1, -0.05) is 47.5 Å². The van der Waals surface area contributed by atoms with Gasteiger partial charge in [0, 0.05) is 5.41 Å². The molecular formula is C12H24O. The van der Waals surface area contributed by atoms with Gasteiger partial charge >= 0.3 is 0 Å². The molecule has 0 saturated heterocycles. The third kappa shape index (κ3) is 2.82. The van der Waals surface area contributed by atoms with E-state index in [1.54, 1.807) is 6.92 Å². The standard InChI is InChI=1S/C12H24O/c1-7-8-9-12(6,10(2)13)11(3,4)5/h7-9H2,1-6H3. The SMILES string of the molecule is CCCCC(C)(C(C)=O)C(C)(C)C. The molecule has 0 aromatic carbocycles. The van der Waals surface area contributed by atoms with Gasteiger partial charge < -0.3 is 0 Å². The van der Waals surface area contributed by atoms with E-state index in [1.165, 1.54) is 6.42 Å². The van der Waals surface area contributed by atoms with Crippen molar-refractivity contribution in [1.82, 2.24) is 0 Å². The number of unbranched alkanes of at least 4 members (excludes halogenated alkanes) is 1. The fourth-order valence-electron chi connectivity index (χ4n) is 1.61. The molecule has 13 heavy (non-hydrogen) atoms. The molecule has 0 aromatic rings. The molecule has 1 nitrogen and oxygen atoms in total. The van der Waals surface area contributed by atoms with Crippen molar-refractivity contribution in [2.45, 2.75) is 60.8 Å². The van der Waals surface area contributed by atoms with Gasteiger partial charge in [-0.3, -0.25) is 4.79 Å². The first kappa shape index (κ1) is 12.7. The molecule has 0 radical (unpaired) electrons. The summed E-state index contributed by atoms with van der Waals surface area (Å²) >= 11 is 0. The zero-order valence-electron chi connectivity index (χ0n) is 10.0. The summed E-state index contributed by atoms with van der Waals surface area (Å²) in [6.45, 7) is 12.5. The van der Waals surface area contributed by atoms with Crippen LogP contribution in [-0.4, -0.2) is 5.78 Å². The summed E-state index contributed by atoms with van der Waals surface area (Å²) in [5.41, 5.74) is -0.0724. The highest BCUT2D eigenvalue weighted by Gasteiger charge is 2.40. The second-order valence-electron chi connectivity index (χ2n) is 5.24. The largest absolute Gasteiger partial charge is 0.299 e. The monoisotopic (exact) mass is 184 g/mol. The quantitative estimate of drug-likeness (QED) is 0.649. The molecule has 78 valence electrons. The Morgan fingerprint density at radius 2 is 1.62 bits per heavy atom. The summed E-state index contributed by atoms with van der Waals surface area (Å²) in [5.74, 6) is 0.327. The number of Topliss-reactive ketones (excluding diaryl/α,β-unsaturated/α-hetero) is 1. The number of hydrogen-bond acceptors (Lipinski definition) is 1. The van der Waals surface area contributed by atoms with E-state index < -0.39 is 0 Å². The normalized spacial score (nSPS) is 16.8. The van der Waals surface area contributed by atoms with Crippen LogP contribution in [0.2, 0.25) is 0 Å². The third-order valence-electron chi connectivity index (χ3n) is 3.46. The first-order valence-corrected chi connectivity index (χ1v) is 5.26. The number of carbonyl (C=O) groups excluding carboxylic acids is 1. The Morgan fingerprint density at radius 1 is 1.15 bits per heavy atom. The van der Waals surface area contributed by atoms with Crippen molar-refractivity contribution in [3.63, 3.8) is 0 Å². The number of ketones is 1. The van der Waals surface area contributed by atoms with E-state index in [-0.39, 0.29) is 10.8 Å². The fourth-order valence-corrected chi connectivity index (χ4v) is 1.61. The molecule has 0 spiro atoms. The summed E-state index contributed by atoms with van der Waals surface area (Å²) in [4.78, 5) is 11.6. The molecule has 0 aliphatic carbocycles. The fraction of sp³-hybridized carbons (Fsp3) is 0.917. The molecule has 0 aliphatic rings. The number of hydrogen-bond donors (Lipinski definition) is 0. The van der Waals surface area contributed by atoms with E-state index in [0.717, 1.165) is 12.8 Å². The van der Waals surface area contributed by atoms with E-state index >= 15 is 0 Å². The van der Waals surface area contributed by atoms with Crippen LogP contribution in [-0.2, 0) is 4.79 Å². The van der Waals surface area contributed by atoms with Crippen molar-refractivity contribution in [1.29, 1.82) is 0 Å². The molecule has 0 saturated carbocycles. The summed E-state index contributed by atoms with van der Waals surface area (Å²) in [6.07, 6.45) is 3.33. The van der Waals surface area contributed by atoms with Gasteiger partial charge in [-0.2, -0.15) is 0 Å². The molecule has 0 bridgehead atoms. The van der Waals surface area contributed by atoms with Crippen molar-refractivity contribution in [3.8, 4) is 0 Å². The van der Waals surface area contributed by atoms with Crippen LogP contribution in [0, 0.1) is 10.8 Å². The average molecular weight is 184 g/mol. The van der Waals surface area contributed by atoms with E-state index in [4.69, 9.17) is 0 Å². The van der Waals surface area contributed by atoms with Crippen LogP contribution in [0.4, 0.5) is 0 Å². The summed E-state index contributed by atoms with van der Waals surface area (Å²) in [6, 6.07) is 0. The number of carbonyl (C=O) groups is 1. The smallest absolute Gasteiger partial charge is 0.136 e. The highest BCUT2D eigenvalue weighted by Crippen LogP contribution is 2.43. The summed E-state index contributed by atoms with van der Waals surface area (Å²) < 4.78 is 0. The third-order valence-corrected chi connectivity index (χ3v) is 3.46. The van der Waals surface area contributed by atoms with Gasteiger partial charge in [0.15, 0.2) is 0 Å². The maximum Gasteiger partial charge on any atom is 0.136 e. The Hall–Kier alpha value is -0.330. The summed E-state index contributed by atoms with van der Waals surface area (Å²) in [5, 5.41) is 0. The van der Waals surface area contributed by atoms with E-state index in [1.807, 2.05) is 0 Å². The minimum Gasteiger partial charge on any atom is -0.299 e. The molecule has 1 unspecified atom stereocenters. The van der Waals surface area contributed by atoms with Crippen LogP contribution in [0.5, 0.6) is 0 Å². The molecule has 0 N–H and O–H groups in total. The van der Waals surface area contributed by atoms with E-state index in [9.17, 15) is 4.79 Å². The maximum absolute atomic E-state index is 11.6. The number of rotatable bonds is 4. The van der Waals surface area contributed by atoms with Crippen LogP contribution < -0.4 is 0 Å². The maximum atomic E-state index is 11.6. The van der Waals surface area contributed by atoms with Crippen molar-refractivity contribution >= 4 is 5.78 Å². The average Bonchev–Trinajstić information content (AvgIpc) is 1.97. The zero-order chi connectivity index (χ0) is 10.7. The van der Waals surface area contributed by atoms with E-state index in [2.05, 4.69) is 34.6 Å². The lowest BCUT2D eigenvalue weighted by atomic mass is 9.63. The molecule has 0 aromatic heterocycles. The van der Waals surface area contributed by atoms with Crippen molar-refractivity contribution in [2.24, 2.45) is 10.8 Å². The first-order chi connectivity index (χ1) is 5.75. The van der Waals surface area contributed by atoms with Crippen molar-refractivity contribution in [2.75, 3.05) is 0 Å². The lowest BCUT2D eigenvalue weighted by Gasteiger charge is -2.40. The van der Waals surface area contributed by atoms with E-state index in [0.29, 0.717) is 5.78 Å². The van der Waals surface area contributed by atoms with Crippen LogP contribution in [0.3, 0.4) is 0 Å². The van der Waals surface area contributed by atoms with Crippen molar-refractivity contribution < 1.29 is 4.79 Å². The second kappa shape index (κ2) is 4.26. The van der Waals surface area contributed by atoms with Gasteiger partial charge in [-0.15, -0.1) is 0 Å². The minimum atomic E-state index is -0.150. The molecular weight excluding hydrogens is 160 g/mol. The van der Waals surface area contributed by atoms with Crippen LogP contribution >= 0.6 is 0 Å². The van der Waals surface area contributed by atoms with Crippen molar-refractivity contribution in [3.05, 3.63) is 0 Å². The Labute approximate surface area is 82.9 Å². The molecule has 0 fully saturated rings. The van der Waals surface area contributed by atoms with Crippen LogP contribution in [0.15, 0.2) is 0 Å². The minimum absolute atomic E-state index is 0.0774. The second-order valence-corrected chi connectivity index (χ2v) is 5.24. The van der Waals surface area contributed by atoms with Crippen LogP contribution in [0.1, 0.15) is 60.8 Å². The lowest BCUT2D eigenvalue weighted by Crippen LogP contribution is -2.39. The molecule has 0 rings (SSSR count). The Kier molecular flexibility index (Phi) is 4.15. The van der Waals surface area contributed by atoms with Gasteiger partial charge in [-0.05, 0) is 18.8 Å². The topological polar surface area (TPSA) is 17.1 Å². The molecule has 1 atom stereocenters.